The molecule has 0 amide bonds. The number of hydrogen-bond acceptors (Lipinski definition) is 4. The molecule has 24 heavy (non-hydrogen) atoms. The maximum atomic E-state index is 12.9. The Morgan fingerprint density at radius 1 is 1.29 bits per heavy atom. The first-order valence-electron chi connectivity index (χ1n) is 7.60. The van der Waals surface area contributed by atoms with Crippen LogP contribution >= 0.6 is 0 Å². The van der Waals surface area contributed by atoms with Crippen molar-refractivity contribution in [3.63, 3.8) is 0 Å². The van der Waals surface area contributed by atoms with Crippen LogP contribution in [0.25, 0.3) is 11.0 Å². The van der Waals surface area contributed by atoms with E-state index in [0.717, 1.165) is 15.8 Å². The molecule has 3 rings (SSSR count). The van der Waals surface area contributed by atoms with Gasteiger partial charge in [-0.25, -0.2) is 13.8 Å². The second-order valence-corrected chi connectivity index (χ2v) is 5.29. The number of rotatable bonds is 6. The highest BCUT2D eigenvalue weighted by Gasteiger charge is 2.14. The Hall–Kier alpha value is -2.64. The summed E-state index contributed by atoms with van der Waals surface area (Å²) in [5.41, 5.74) is 2.39. The minimum atomic E-state index is -1.34. The topological polar surface area (TPSA) is 79.3 Å². The summed E-state index contributed by atoms with van der Waals surface area (Å²) in [5.74, 6) is -0.276. The molecule has 3 aromatic rings. The molecule has 0 spiro atoms. The fourth-order valence-electron chi connectivity index (χ4n) is 2.48. The summed E-state index contributed by atoms with van der Waals surface area (Å²) in [7, 11) is 0. The number of benzene rings is 2. The van der Waals surface area contributed by atoms with Gasteiger partial charge in [0.15, 0.2) is 0 Å². The number of H-pyrrole nitrogens is 1. The molecule has 7 heteroatoms. The van der Waals surface area contributed by atoms with Gasteiger partial charge in [-0.05, 0) is 42.8 Å². The van der Waals surface area contributed by atoms with Crippen molar-refractivity contribution in [1.29, 1.82) is 0 Å². The summed E-state index contributed by atoms with van der Waals surface area (Å²) in [6, 6.07) is 11.5. The molecule has 0 aliphatic rings. The number of hydrogen-bond donors (Lipinski definition) is 3. The molecule has 6 nitrogen and oxygen atoms in total. The molecule has 0 aliphatic heterocycles. The number of nitrogens with one attached hydrogen (secondary N) is 2. The van der Waals surface area contributed by atoms with E-state index in [9.17, 15) is 14.3 Å². The molecule has 0 fully saturated rings. The van der Waals surface area contributed by atoms with Gasteiger partial charge in [0.25, 0.3) is 0 Å². The third kappa shape index (κ3) is 3.32. The van der Waals surface area contributed by atoms with E-state index in [1.54, 1.807) is 31.2 Å². The Morgan fingerprint density at radius 2 is 2.04 bits per heavy atom. The van der Waals surface area contributed by atoms with Crippen molar-refractivity contribution in [3.05, 3.63) is 64.3 Å². The highest BCUT2D eigenvalue weighted by Crippen LogP contribution is 2.20. The normalized spacial score (nSPS) is 12.5. The molecule has 0 saturated carbocycles. The lowest BCUT2D eigenvalue weighted by Crippen LogP contribution is -2.24. The summed E-state index contributed by atoms with van der Waals surface area (Å²) in [6.07, 6.45) is -1.34. The van der Waals surface area contributed by atoms with Crippen molar-refractivity contribution in [3.8, 4) is 0 Å². The van der Waals surface area contributed by atoms with Crippen molar-refractivity contribution in [1.82, 2.24) is 9.55 Å². The first-order valence-corrected chi connectivity index (χ1v) is 7.60. The van der Waals surface area contributed by atoms with E-state index in [4.69, 9.17) is 4.74 Å². The maximum Gasteiger partial charge on any atom is 0.330 e. The first kappa shape index (κ1) is 16.2. The third-order valence-corrected chi connectivity index (χ3v) is 3.66. The van der Waals surface area contributed by atoms with Crippen LogP contribution in [-0.2, 0) is 11.3 Å². The minimum Gasteiger partial charge on any atom is -0.381 e. The highest BCUT2D eigenvalue weighted by molar-refractivity contribution is 5.79. The maximum absolute atomic E-state index is 12.9. The Kier molecular flexibility index (Phi) is 4.64. The minimum absolute atomic E-state index is 0.276. The molecule has 2 aromatic carbocycles. The van der Waals surface area contributed by atoms with Crippen LogP contribution < -0.4 is 11.0 Å². The van der Waals surface area contributed by atoms with Crippen molar-refractivity contribution < 1.29 is 14.2 Å². The van der Waals surface area contributed by atoms with E-state index in [-0.39, 0.29) is 12.4 Å². The van der Waals surface area contributed by atoms with Gasteiger partial charge in [-0.1, -0.05) is 12.1 Å². The van der Waals surface area contributed by atoms with E-state index in [0.29, 0.717) is 17.6 Å². The number of fused-ring (bicyclic) bond motifs is 1. The van der Waals surface area contributed by atoms with Crippen LogP contribution in [0, 0.1) is 5.82 Å². The molecule has 1 heterocycles. The van der Waals surface area contributed by atoms with Gasteiger partial charge in [-0.2, -0.15) is 0 Å². The Balaban J connectivity index is 1.85. The van der Waals surface area contributed by atoms with Crippen molar-refractivity contribution in [2.75, 3.05) is 11.9 Å². The third-order valence-electron chi connectivity index (χ3n) is 3.66. The van der Waals surface area contributed by atoms with Crippen LogP contribution in [0.15, 0.2) is 47.3 Å². The number of aliphatic hydroxyl groups excluding tert-OH is 1. The molecular weight excluding hydrogens is 313 g/mol. The summed E-state index contributed by atoms with van der Waals surface area (Å²) in [4.78, 5) is 14.7. The lowest BCUT2D eigenvalue weighted by Gasteiger charge is -2.12. The average Bonchev–Trinajstić information content (AvgIpc) is 2.89. The number of halogens is 1. The van der Waals surface area contributed by atoms with Gasteiger partial charge in [0, 0.05) is 18.8 Å². The van der Waals surface area contributed by atoms with Crippen molar-refractivity contribution in [2.45, 2.75) is 19.9 Å². The molecule has 1 unspecified atom stereocenters. The Morgan fingerprint density at radius 3 is 2.75 bits per heavy atom. The number of nitrogens with zero attached hydrogens (tertiary/aromatic N) is 1. The molecular formula is C17H18FN3O3. The molecule has 0 bridgehead atoms. The van der Waals surface area contributed by atoms with Gasteiger partial charge in [0.1, 0.15) is 5.82 Å². The number of ether oxygens (including phenoxy) is 1. The monoisotopic (exact) mass is 331 g/mol. The molecule has 1 atom stereocenters. The molecule has 126 valence electrons. The van der Waals surface area contributed by atoms with Gasteiger partial charge in [-0.15, -0.1) is 0 Å². The largest absolute Gasteiger partial charge is 0.381 e. The van der Waals surface area contributed by atoms with Crippen LogP contribution in [0.2, 0.25) is 0 Å². The summed E-state index contributed by atoms with van der Waals surface area (Å²) in [5, 5.41) is 13.2. The SMILES string of the molecule is CCOC(O)n1c(=O)[nH]c2ccc(NCc3ccc(F)cc3)cc21. The molecule has 0 radical (unpaired) electrons. The summed E-state index contributed by atoms with van der Waals surface area (Å²) >= 11 is 0. The van der Waals surface area contributed by atoms with Gasteiger partial charge >= 0.3 is 5.69 Å². The fraction of sp³-hybridized carbons (Fsp3) is 0.235. The Labute approximate surface area is 137 Å². The number of aromatic nitrogens is 2. The van der Waals surface area contributed by atoms with Crippen LogP contribution in [0.4, 0.5) is 10.1 Å². The van der Waals surface area contributed by atoms with E-state index < -0.39 is 12.1 Å². The number of aromatic amines is 1. The standard InChI is InChI=1S/C17H18FN3O3/c1-2-24-17(23)21-15-9-13(7-8-14(15)20-16(21)22)19-10-11-3-5-12(18)6-4-11/h3-9,17,19,23H,2,10H2,1H3,(H,20,22). The first-order chi connectivity index (χ1) is 11.6. The molecule has 0 aliphatic carbocycles. The number of imidazole rings is 1. The van der Waals surface area contributed by atoms with Gasteiger partial charge in [0.2, 0.25) is 6.41 Å². The smallest absolute Gasteiger partial charge is 0.330 e. The molecule has 1 aromatic heterocycles. The second-order valence-electron chi connectivity index (χ2n) is 5.29. The van der Waals surface area contributed by atoms with Crippen LogP contribution in [0.3, 0.4) is 0 Å². The van der Waals surface area contributed by atoms with Gasteiger partial charge in [0.05, 0.1) is 11.0 Å². The van der Waals surface area contributed by atoms with Gasteiger partial charge in [-0.3, -0.25) is 0 Å². The van der Waals surface area contributed by atoms with E-state index in [1.807, 2.05) is 6.07 Å². The predicted octanol–water partition coefficient (Wildman–Crippen LogP) is 2.57. The summed E-state index contributed by atoms with van der Waals surface area (Å²) in [6.45, 7) is 2.52. The second kappa shape index (κ2) is 6.86. The number of aliphatic hydroxyl groups is 1. The Bertz CT molecular complexity index is 886. The zero-order chi connectivity index (χ0) is 17.1. The quantitative estimate of drug-likeness (QED) is 0.607. The zero-order valence-electron chi connectivity index (χ0n) is 13.1. The van der Waals surface area contributed by atoms with E-state index >= 15 is 0 Å². The molecule has 0 saturated heterocycles. The van der Waals surface area contributed by atoms with Crippen LogP contribution in [0.1, 0.15) is 18.9 Å². The number of anilines is 1. The van der Waals surface area contributed by atoms with E-state index in [1.165, 1.54) is 12.1 Å². The fourth-order valence-corrected chi connectivity index (χ4v) is 2.48. The van der Waals surface area contributed by atoms with Crippen LogP contribution in [-0.4, -0.2) is 21.3 Å². The zero-order valence-corrected chi connectivity index (χ0v) is 13.1. The van der Waals surface area contributed by atoms with E-state index in [2.05, 4.69) is 10.3 Å². The van der Waals surface area contributed by atoms with Crippen molar-refractivity contribution in [2.24, 2.45) is 0 Å². The molecule has 3 N–H and O–H groups in total. The highest BCUT2D eigenvalue weighted by atomic mass is 19.1. The lowest BCUT2D eigenvalue weighted by atomic mass is 10.2. The average molecular weight is 331 g/mol. The van der Waals surface area contributed by atoms with Gasteiger partial charge < -0.3 is 20.1 Å². The predicted molar refractivity (Wildman–Crippen MR) is 89.2 cm³/mol. The van der Waals surface area contributed by atoms with Crippen LogP contribution in [0.5, 0.6) is 0 Å². The lowest BCUT2D eigenvalue weighted by molar-refractivity contribution is -0.148. The summed E-state index contributed by atoms with van der Waals surface area (Å²) < 4.78 is 19.2. The van der Waals surface area contributed by atoms with Crippen molar-refractivity contribution >= 4 is 16.7 Å².